The lowest BCUT2D eigenvalue weighted by atomic mass is 10.1. The van der Waals surface area contributed by atoms with E-state index < -0.39 is 10.0 Å². The molecule has 0 unspecified atom stereocenters. The molecule has 0 aliphatic carbocycles. The summed E-state index contributed by atoms with van der Waals surface area (Å²) >= 11 is 5.96. The van der Waals surface area contributed by atoms with Gasteiger partial charge in [-0.1, -0.05) is 41.4 Å². The van der Waals surface area contributed by atoms with Gasteiger partial charge in [0.05, 0.1) is 5.02 Å². The highest BCUT2D eigenvalue weighted by Gasteiger charge is 2.31. The van der Waals surface area contributed by atoms with Crippen molar-refractivity contribution in [2.45, 2.75) is 18.2 Å². The van der Waals surface area contributed by atoms with Crippen LogP contribution >= 0.6 is 11.6 Å². The van der Waals surface area contributed by atoms with Crippen LogP contribution in [-0.2, 0) is 14.8 Å². The van der Waals surface area contributed by atoms with Gasteiger partial charge in [-0.05, 0) is 37.1 Å². The van der Waals surface area contributed by atoms with Crippen LogP contribution in [0.15, 0.2) is 53.4 Å². The Hall–Kier alpha value is -1.89. The summed E-state index contributed by atoms with van der Waals surface area (Å²) in [4.78, 5) is 14.0. The summed E-state index contributed by atoms with van der Waals surface area (Å²) in [5.41, 5.74) is 1.96. The fourth-order valence-electron chi connectivity index (χ4n) is 2.86. The lowest BCUT2D eigenvalue weighted by Gasteiger charge is -2.17. The Morgan fingerprint density at radius 1 is 1.16 bits per heavy atom. The second-order valence-electron chi connectivity index (χ2n) is 6.19. The van der Waals surface area contributed by atoms with E-state index in [1.165, 1.54) is 12.1 Å². The molecule has 1 heterocycles. The fourth-order valence-corrected chi connectivity index (χ4v) is 4.49. The van der Waals surface area contributed by atoms with E-state index in [1.54, 1.807) is 17.0 Å². The molecule has 2 aromatic carbocycles. The number of nitrogens with zero attached hydrogens (tertiary/aromatic N) is 1. The zero-order chi connectivity index (χ0) is 18.0. The monoisotopic (exact) mass is 378 g/mol. The highest BCUT2D eigenvalue weighted by Crippen LogP contribution is 2.26. The van der Waals surface area contributed by atoms with Crippen molar-refractivity contribution in [3.8, 4) is 0 Å². The number of sulfonamides is 1. The lowest BCUT2D eigenvalue weighted by Crippen LogP contribution is -2.31. The predicted molar refractivity (Wildman–Crippen MR) is 98.3 cm³/mol. The van der Waals surface area contributed by atoms with Crippen LogP contribution in [0, 0.1) is 12.8 Å². The number of aryl methyl sites for hydroxylation is 1. The molecule has 0 saturated carbocycles. The Morgan fingerprint density at radius 3 is 2.52 bits per heavy atom. The highest BCUT2D eigenvalue weighted by molar-refractivity contribution is 7.89. The number of rotatable bonds is 5. The van der Waals surface area contributed by atoms with E-state index in [0.29, 0.717) is 13.0 Å². The number of benzene rings is 2. The van der Waals surface area contributed by atoms with Gasteiger partial charge in [0.15, 0.2) is 0 Å². The molecule has 132 valence electrons. The Bertz CT molecular complexity index is 881. The first-order chi connectivity index (χ1) is 11.9. The van der Waals surface area contributed by atoms with Crippen LogP contribution in [0.5, 0.6) is 0 Å². The van der Waals surface area contributed by atoms with Gasteiger partial charge >= 0.3 is 0 Å². The average molecular weight is 379 g/mol. The Labute approximate surface area is 152 Å². The first-order valence-corrected chi connectivity index (χ1v) is 9.84. The number of hydrogen-bond acceptors (Lipinski definition) is 3. The third kappa shape index (κ3) is 4.03. The Kier molecular flexibility index (Phi) is 5.13. The number of carbonyl (C=O) groups excluding carboxylic acids is 1. The van der Waals surface area contributed by atoms with E-state index in [9.17, 15) is 13.2 Å². The largest absolute Gasteiger partial charge is 0.312 e. The summed E-state index contributed by atoms with van der Waals surface area (Å²) < 4.78 is 27.3. The Balaban J connectivity index is 1.66. The van der Waals surface area contributed by atoms with Crippen LogP contribution in [0.1, 0.15) is 12.0 Å². The summed E-state index contributed by atoms with van der Waals surface area (Å²) in [5.74, 6) is -0.0724. The zero-order valence-electron chi connectivity index (χ0n) is 13.8. The topological polar surface area (TPSA) is 66.5 Å². The predicted octanol–water partition coefficient (Wildman–Crippen LogP) is 2.98. The SMILES string of the molecule is Cc1ccc(N2C[C@@H](CNS(=O)(=O)c3ccccc3Cl)CC2=O)cc1. The van der Waals surface area contributed by atoms with Gasteiger partial charge in [0, 0.05) is 25.2 Å². The molecule has 1 N–H and O–H groups in total. The molecule has 1 aliphatic heterocycles. The van der Waals surface area contributed by atoms with E-state index in [-0.39, 0.29) is 28.3 Å². The van der Waals surface area contributed by atoms with Gasteiger partial charge in [0.25, 0.3) is 0 Å². The molecule has 25 heavy (non-hydrogen) atoms. The van der Waals surface area contributed by atoms with Gasteiger partial charge in [-0.2, -0.15) is 0 Å². The quantitative estimate of drug-likeness (QED) is 0.869. The van der Waals surface area contributed by atoms with Crippen molar-refractivity contribution in [2.75, 3.05) is 18.0 Å². The normalized spacial score (nSPS) is 17.9. The number of carbonyl (C=O) groups is 1. The van der Waals surface area contributed by atoms with Crippen molar-refractivity contribution in [3.63, 3.8) is 0 Å². The van der Waals surface area contributed by atoms with E-state index in [0.717, 1.165) is 11.3 Å². The molecule has 1 atom stereocenters. The molecule has 1 saturated heterocycles. The van der Waals surface area contributed by atoms with Gasteiger partial charge in [0.1, 0.15) is 4.90 Å². The minimum absolute atomic E-state index is 0.00537. The number of nitrogens with one attached hydrogen (secondary N) is 1. The van der Waals surface area contributed by atoms with Crippen molar-refractivity contribution in [1.29, 1.82) is 0 Å². The van der Waals surface area contributed by atoms with Crippen molar-refractivity contribution in [3.05, 3.63) is 59.1 Å². The smallest absolute Gasteiger partial charge is 0.242 e. The van der Waals surface area contributed by atoms with Crippen LogP contribution in [0.4, 0.5) is 5.69 Å². The van der Waals surface area contributed by atoms with Crippen molar-refractivity contribution < 1.29 is 13.2 Å². The molecule has 2 aromatic rings. The summed E-state index contributed by atoms with van der Waals surface area (Å²) in [7, 11) is -3.70. The first kappa shape index (κ1) is 17.9. The molecule has 7 heteroatoms. The molecule has 3 rings (SSSR count). The van der Waals surface area contributed by atoms with Crippen molar-refractivity contribution in [2.24, 2.45) is 5.92 Å². The molecule has 1 amide bonds. The second kappa shape index (κ2) is 7.15. The summed E-state index contributed by atoms with van der Waals surface area (Å²) in [6.07, 6.45) is 0.318. The number of anilines is 1. The van der Waals surface area contributed by atoms with Gasteiger partial charge < -0.3 is 4.90 Å². The maximum atomic E-state index is 12.4. The van der Waals surface area contributed by atoms with Gasteiger partial charge in [-0.3, -0.25) is 4.79 Å². The van der Waals surface area contributed by atoms with Gasteiger partial charge in [-0.15, -0.1) is 0 Å². The molecule has 5 nitrogen and oxygen atoms in total. The third-order valence-corrected chi connectivity index (χ3v) is 6.16. The van der Waals surface area contributed by atoms with Gasteiger partial charge in [0.2, 0.25) is 15.9 Å². The number of halogens is 1. The summed E-state index contributed by atoms with van der Waals surface area (Å²) in [5, 5.41) is 0.179. The minimum Gasteiger partial charge on any atom is -0.312 e. The maximum absolute atomic E-state index is 12.4. The molecular formula is C18H19ClN2O3S. The standard InChI is InChI=1S/C18H19ClN2O3S/c1-13-6-8-15(9-7-13)21-12-14(10-18(21)22)11-20-25(23,24)17-5-3-2-4-16(17)19/h2-9,14,20H,10-12H2,1H3/t14-/m1/s1. The molecular weight excluding hydrogens is 360 g/mol. The van der Waals surface area contributed by atoms with Crippen LogP contribution < -0.4 is 9.62 Å². The number of hydrogen-bond donors (Lipinski definition) is 1. The van der Waals surface area contributed by atoms with E-state index in [2.05, 4.69) is 4.72 Å². The fraction of sp³-hybridized carbons (Fsp3) is 0.278. The molecule has 0 aromatic heterocycles. The van der Waals surface area contributed by atoms with Crippen LogP contribution in [-0.4, -0.2) is 27.4 Å². The maximum Gasteiger partial charge on any atom is 0.242 e. The van der Waals surface area contributed by atoms with Crippen LogP contribution in [0.2, 0.25) is 5.02 Å². The van der Waals surface area contributed by atoms with Gasteiger partial charge in [-0.25, -0.2) is 13.1 Å². The lowest BCUT2D eigenvalue weighted by molar-refractivity contribution is -0.117. The van der Waals surface area contributed by atoms with E-state index in [4.69, 9.17) is 11.6 Å². The number of amides is 1. The highest BCUT2D eigenvalue weighted by atomic mass is 35.5. The molecule has 1 fully saturated rings. The van der Waals surface area contributed by atoms with Crippen LogP contribution in [0.25, 0.3) is 0 Å². The van der Waals surface area contributed by atoms with E-state index in [1.807, 2.05) is 31.2 Å². The third-order valence-electron chi connectivity index (χ3n) is 4.24. The zero-order valence-corrected chi connectivity index (χ0v) is 15.3. The first-order valence-electron chi connectivity index (χ1n) is 7.98. The molecule has 0 bridgehead atoms. The summed E-state index contributed by atoms with van der Waals surface area (Å²) in [6, 6.07) is 14.0. The molecule has 0 radical (unpaired) electrons. The second-order valence-corrected chi connectivity index (χ2v) is 8.33. The van der Waals surface area contributed by atoms with Crippen molar-refractivity contribution in [1.82, 2.24) is 4.72 Å². The van der Waals surface area contributed by atoms with Crippen molar-refractivity contribution >= 4 is 33.2 Å². The van der Waals surface area contributed by atoms with Crippen LogP contribution in [0.3, 0.4) is 0 Å². The van der Waals surface area contributed by atoms with E-state index >= 15 is 0 Å². The Morgan fingerprint density at radius 2 is 1.84 bits per heavy atom. The average Bonchev–Trinajstić information content (AvgIpc) is 2.95. The molecule has 1 aliphatic rings. The molecule has 0 spiro atoms. The summed E-state index contributed by atoms with van der Waals surface area (Å²) in [6.45, 7) is 2.68. The minimum atomic E-state index is -3.70.